The summed E-state index contributed by atoms with van der Waals surface area (Å²) in [5.74, 6) is 0.833. The van der Waals surface area contributed by atoms with Gasteiger partial charge in [-0.2, -0.15) is 0 Å². The monoisotopic (exact) mass is 297 g/mol. The van der Waals surface area contributed by atoms with Gasteiger partial charge in [0.15, 0.2) is 0 Å². The predicted molar refractivity (Wildman–Crippen MR) is 86.1 cm³/mol. The highest BCUT2D eigenvalue weighted by Crippen LogP contribution is 2.19. The van der Waals surface area contributed by atoms with Crippen LogP contribution in [0.5, 0.6) is 0 Å². The maximum atomic E-state index is 12.1. The van der Waals surface area contributed by atoms with Gasteiger partial charge in [0.05, 0.1) is 11.9 Å². The van der Waals surface area contributed by atoms with Crippen molar-refractivity contribution < 1.29 is 9.53 Å². The van der Waals surface area contributed by atoms with E-state index < -0.39 is 0 Å². The number of nitrogens with one attached hydrogen (secondary N) is 2. The molecule has 114 valence electrons. The first-order valence-electron chi connectivity index (χ1n) is 7.48. The van der Waals surface area contributed by atoms with Gasteiger partial charge in [0.25, 0.3) is 0 Å². The second kappa shape index (κ2) is 7.04. The fourth-order valence-corrected chi connectivity index (χ4v) is 2.42. The van der Waals surface area contributed by atoms with E-state index in [0.29, 0.717) is 13.2 Å². The van der Waals surface area contributed by atoms with Crippen LogP contribution in [-0.4, -0.2) is 24.1 Å². The summed E-state index contributed by atoms with van der Waals surface area (Å²) in [4.78, 5) is 16.5. The number of nitrogens with zero attached hydrogens (tertiary/aromatic N) is 1. The summed E-state index contributed by atoms with van der Waals surface area (Å²) >= 11 is 0. The van der Waals surface area contributed by atoms with Crippen LogP contribution in [0.25, 0.3) is 0 Å². The van der Waals surface area contributed by atoms with Crippen LogP contribution in [0.2, 0.25) is 0 Å². The van der Waals surface area contributed by atoms with Gasteiger partial charge in [-0.25, -0.2) is 4.98 Å². The summed E-state index contributed by atoms with van der Waals surface area (Å²) in [6.07, 6.45) is 3.24. The van der Waals surface area contributed by atoms with Gasteiger partial charge in [0, 0.05) is 24.8 Å². The van der Waals surface area contributed by atoms with Gasteiger partial charge in [0.1, 0.15) is 5.82 Å². The standard InChI is InChI=1S/C17H19N3O2/c21-17(13-8-10-22-11-9-13)20-15-6-7-16(18-12-15)19-14-4-2-1-3-5-14/h1-7,12-13H,8-11H2,(H,18,19)(H,20,21). The summed E-state index contributed by atoms with van der Waals surface area (Å²) in [5.41, 5.74) is 1.70. The molecule has 2 aromatic rings. The first-order valence-corrected chi connectivity index (χ1v) is 7.48. The Hall–Kier alpha value is -2.40. The molecular weight excluding hydrogens is 278 g/mol. The third kappa shape index (κ3) is 3.83. The van der Waals surface area contributed by atoms with Gasteiger partial charge in [-0.05, 0) is 37.1 Å². The number of hydrogen-bond donors (Lipinski definition) is 2. The first kappa shape index (κ1) is 14.5. The summed E-state index contributed by atoms with van der Waals surface area (Å²) < 4.78 is 5.27. The fraction of sp³-hybridized carbons (Fsp3) is 0.294. The molecule has 0 radical (unpaired) electrons. The van der Waals surface area contributed by atoms with E-state index in [-0.39, 0.29) is 11.8 Å². The van der Waals surface area contributed by atoms with E-state index in [1.165, 1.54) is 0 Å². The second-order valence-corrected chi connectivity index (χ2v) is 5.30. The molecule has 0 bridgehead atoms. The minimum Gasteiger partial charge on any atom is -0.381 e. The molecule has 1 aliphatic rings. The Kier molecular flexibility index (Phi) is 4.65. The molecule has 0 unspecified atom stereocenters. The zero-order valence-corrected chi connectivity index (χ0v) is 12.3. The summed E-state index contributed by atoms with van der Waals surface area (Å²) in [7, 11) is 0. The van der Waals surface area contributed by atoms with Crippen LogP contribution in [0.4, 0.5) is 17.2 Å². The number of aromatic nitrogens is 1. The van der Waals surface area contributed by atoms with Gasteiger partial charge in [-0.15, -0.1) is 0 Å². The van der Waals surface area contributed by atoms with Crippen molar-refractivity contribution in [3.63, 3.8) is 0 Å². The number of carbonyl (C=O) groups is 1. The molecule has 1 saturated heterocycles. The molecule has 0 spiro atoms. The quantitative estimate of drug-likeness (QED) is 0.909. The van der Waals surface area contributed by atoms with E-state index in [2.05, 4.69) is 15.6 Å². The number of benzene rings is 1. The van der Waals surface area contributed by atoms with Crippen molar-refractivity contribution in [2.75, 3.05) is 23.8 Å². The summed E-state index contributed by atoms with van der Waals surface area (Å²) in [6.45, 7) is 1.33. The average molecular weight is 297 g/mol. The topological polar surface area (TPSA) is 63.2 Å². The highest BCUT2D eigenvalue weighted by Gasteiger charge is 2.21. The van der Waals surface area contributed by atoms with E-state index in [0.717, 1.165) is 30.0 Å². The third-order valence-electron chi connectivity index (χ3n) is 3.67. The van der Waals surface area contributed by atoms with Crippen molar-refractivity contribution in [3.05, 3.63) is 48.7 Å². The highest BCUT2D eigenvalue weighted by molar-refractivity contribution is 5.92. The predicted octanol–water partition coefficient (Wildman–Crippen LogP) is 3.19. The van der Waals surface area contributed by atoms with E-state index in [4.69, 9.17) is 4.74 Å². The van der Waals surface area contributed by atoms with Crippen molar-refractivity contribution in [2.24, 2.45) is 5.92 Å². The van der Waals surface area contributed by atoms with Gasteiger partial charge in [0.2, 0.25) is 5.91 Å². The number of pyridine rings is 1. The molecule has 1 aromatic heterocycles. The zero-order valence-electron chi connectivity index (χ0n) is 12.3. The molecule has 1 fully saturated rings. The van der Waals surface area contributed by atoms with E-state index in [9.17, 15) is 4.79 Å². The average Bonchev–Trinajstić information content (AvgIpc) is 2.58. The molecule has 3 rings (SSSR count). The minimum atomic E-state index is 0.0378. The molecule has 0 saturated carbocycles. The second-order valence-electron chi connectivity index (χ2n) is 5.30. The van der Waals surface area contributed by atoms with E-state index in [1.807, 2.05) is 42.5 Å². The maximum absolute atomic E-state index is 12.1. The molecule has 2 N–H and O–H groups in total. The Bertz CT molecular complexity index is 608. The SMILES string of the molecule is O=C(Nc1ccc(Nc2ccccc2)nc1)C1CCOCC1. The lowest BCUT2D eigenvalue weighted by atomic mass is 9.99. The molecular formula is C17H19N3O2. The third-order valence-corrected chi connectivity index (χ3v) is 3.67. The number of ether oxygens (including phenoxy) is 1. The number of rotatable bonds is 4. The molecule has 0 atom stereocenters. The molecule has 1 amide bonds. The van der Waals surface area contributed by atoms with Crippen molar-refractivity contribution in [3.8, 4) is 0 Å². The Labute approximate surface area is 129 Å². The Balaban J connectivity index is 1.58. The number of para-hydroxylation sites is 1. The zero-order chi connectivity index (χ0) is 15.2. The Morgan fingerprint density at radius 3 is 2.50 bits per heavy atom. The molecule has 2 heterocycles. The van der Waals surface area contributed by atoms with Crippen LogP contribution in [0.1, 0.15) is 12.8 Å². The van der Waals surface area contributed by atoms with Gasteiger partial charge in [-0.1, -0.05) is 18.2 Å². The minimum absolute atomic E-state index is 0.0378. The van der Waals surface area contributed by atoms with E-state index in [1.54, 1.807) is 6.20 Å². The van der Waals surface area contributed by atoms with Crippen LogP contribution in [0.3, 0.4) is 0 Å². The number of carbonyl (C=O) groups excluding carboxylic acids is 1. The van der Waals surface area contributed by atoms with Crippen LogP contribution in [-0.2, 0) is 9.53 Å². The van der Waals surface area contributed by atoms with Gasteiger partial charge < -0.3 is 15.4 Å². The molecule has 1 aliphatic heterocycles. The molecule has 5 nitrogen and oxygen atoms in total. The Morgan fingerprint density at radius 2 is 1.82 bits per heavy atom. The normalized spacial score (nSPS) is 15.3. The van der Waals surface area contributed by atoms with Gasteiger partial charge in [-0.3, -0.25) is 4.79 Å². The fourth-order valence-electron chi connectivity index (χ4n) is 2.42. The first-order chi connectivity index (χ1) is 10.8. The highest BCUT2D eigenvalue weighted by atomic mass is 16.5. The largest absolute Gasteiger partial charge is 0.381 e. The number of anilines is 3. The smallest absolute Gasteiger partial charge is 0.227 e. The molecule has 1 aromatic carbocycles. The van der Waals surface area contributed by atoms with Crippen molar-refractivity contribution in [1.29, 1.82) is 0 Å². The van der Waals surface area contributed by atoms with E-state index >= 15 is 0 Å². The summed E-state index contributed by atoms with van der Waals surface area (Å²) in [5, 5.41) is 6.13. The number of hydrogen-bond acceptors (Lipinski definition) is 4. The summed E-state index contributed by atoms with van der Waals surface area (Å²) in [6, 6.07) is 13.6. The lowest BCUT2D eigenvalue weighted by Gasteiger charge is -2.21. The van der Waals surface area contributed by atoms with Crippen molar-refractivity contribution in [1.82, 2.24) is 4.98 Å². The van der Waals surface area contributed by atoms with Crippen LogP contribution < -0.4 is 10.6 Å². The lowest BCUT2D eigenvalue weighted by Crippen LogP contribution is -2.28. The number of amides is 1. The maximum Gasteiger partial charge on any atom is 0.227 e. The molecule has 22 heavy (non-hydrogen) atoms. The van der Waals surface area contributed by atoms with Crippen LogP contribution >= 0.6 is 0 Å². The molecule has 0 aliphatic carbocycles. The van der Waals surface area contributed by atoms with Crippen molar-refractivity contribution in [2.45, 2.75) is 12.8 Å². The lowest BCUT2D eigenvalue weighted by molar-refractivity contribution is -0.122. The van der Waals surface area contributed by atoms with Crippen molar-refractivity contribution >= 4 is 23.1 Å². The Morgan fingerprint density at radius 1 is 1.05 bits per heavy atom. The van der Waals surface area contributed by atoms with Crippen LogP contribution in [0.15, 0.2) is 48.7 Å². The van der Waals surface area contributed by atoms with Gasteiger partial charge >= 0.3 is 0 Å². The molecule has 5 heteroatoms. The van der Waals surface area contributed by atoms with Crippen LogP contribution in [0, 0.1) is 5.92 Å².